The van der Waals surface area contributed by atoms with Gasteiger partial charge < -0.3 is 20.0 Å². The Morgan fingerprint density at radius 2 is 1.63 bits per heavy atom. The number of fused-ring (bicyclic) bond motifs is 1. The molecule has 1 aromatic carbocycles. The van der Waals surface area contributed by atoms with Crippen molar-refractivity contribution < 1.29 is 0 Å². The minimum Gasteiger partial charge on any atom is -0.371 e. The lowest BCUT2D eigenvalue weighted by Gasteiger charge is -2.35. The van der Waals surface area contributed by atoms with E-state index in [2.05, 4.69) is 77.3 Å². The Bertz CT molecular complexity index is 1070. The molecule has 7 nitrogen and oxygen atoms in total. The molecule has 4 aliphatic rings. The van der Waals surface area contributed by atoms with Crippen LogP contribution in [0, 0.1) is 5.92 Å². The molecule has 1 saturated heterocycles. The number of hydrogen-bond donors (Lipinski definition) is 1. The second kappa shape index (κ2) is 14.6. The molecular weight excluding hydrogens is 506 g/mol. The van der Waals surface area contributed by atoms with Crippen molar-refractivity contribution in [1.29, 1.82) is 0 Å². The molecule has 7 heteroatoms. The molecule has 2 fully saturated rings. The van der Waals surface area contributed by atoms with E-state index in [0.717, 1.165) is 51.0 Å². The maximum absolute atomic E-state index is 5.09. The van der Waals surface area contributed by atoms with Crippen LogP contribution in [0.2, 0.25) is 0 Å². The Hall–Kier alpha value is -2.54. The van der Waals surface area contributed by atoms with Crippen LogP contribution in [0.4, 0.5) is 17.1 Å². The van der Waals surface area contributed by atoms with Crippen LogP contribution < -0.4 is 15.1 Å². The fourth-order valence-electron chi connectivity index (χ4n) is 7.19. The third-order valence-electron chi connectivity index (χ3n) is 9.46. The maximum atomic E-state index is 5.09. The van der Waals surface area contributed by atoms with Gasteiger partial charge in [-0.1, -0.05) is 26.7 Å². The van der Waals surface area contributed by atoms with Gasteiger partial charge in [0.05, 0.1) is 23.6 Å². The van der Waals surface area contributed by atoms with E-state index in [1.54, 1.807) is 0 Å². The van der Waals surface area contributed by atoms with E-state index in [1.165, 1.54) is 106 Å². The Morgan fingerprint density at radius 3 is 2.34 bits per heavy atom. The SMILES string of the molecule is CCCN(CCC)CC1=CCN(C)C(N[C@H]2CC[C@@H](Cc3cc(N4CCCCCC4)cc4c3N(C)CC=N4)CC2)=N1. The second-order valence-electron chi connectivity index (χ2n) is 12.9. The summed E-state index contributed by atoms with van der Waals surface area (Å²) in [5, 5.41) is 3.86. The van der Waals surface area contributed by atoms with Crippen LogP contribution in [0.1, 0.15) is 83.6 Å². The van der Waals surface area contributed by atoms with E-state index >= 15 is 0 Å². The van der Waals surface area contributed by atoms with Gasteiger partial charge >= 0.3 is 0 Å². The second-order valence-corrected chi connectivity index (χ2v) is 12.9. The summed E-state index contributed by atoms with van der Waals surface area (Å²) in [5.41, 5.74) is 6.66. The van der Waals surface area contributed by atoms with Gasteiger partial charge in [0.25, 0.3) is 0 Å². The molecule has 226 valence electrons. The van der Waals surface area contributed by atoms with Gasteiger partial charge in [-0.15, -0.1) is 0 Å². The summed E-state index contributed by atoms with van der Waals surface area (Å²) in [6.07, 6.45) is 18.3. The average molecular weight is 562 g/mol. The van der Waals surface area contributed by atoms with Crippen LogP contribution in [0.5, 0.6) is 0 Å². The molecule has 5 rings (SSSR count). The summed E-state index contributed by atoms with van der Waals surface area (Å²) >= 11 is 0. The first kappa shape index (κ1) is 29.9. The number of likely N-dealkylation sites (N-methyl/N-ethyl adjacent to an activating group) is 1. The predicted molar refractivity (Wildman–Crippen MR) is 176 cm³/mol. The first-order valence-electron chi connectivity index (χ1n) is 16.7. The Labute approximate surface area is 249 Å². The minimum atomic E-state index is 0.513. The smallest absolute Gasteiger partial charge is 0.199 e. The van der Waals surface area contributed by atoms with E-state index in [0.29, 0.717) is 6.04 Å². The fraction of sp³-hybridized carbons (Fsp3) is 0.706. The van der Waals surface area contributed by atoms with E-state index in [4.69, 9.17) is 9.98 Å². The molecule has 41 heavy (non-hydrogen) atoms. The van der Waals surface area contributed by atoms with Crippen molar-refractivity contribution in [1.82, 2.24) is 15.1 Å². The molecule has 1 aliphatic carbocycles. The Morgan fingerprint density at radius 1 is 0.902 bits per heavy atom. The summed E-state index contributed by atoms with van der Waals surface area (Å²) in [6.45, 7) is 12.0. The number of anilines is 2. The topological polar surface area (TPSA) is 49.7 Å². The third kappa shape index (κ3) is 7.85. The molecule has 1 saturated carbocycles. The lowest BCUT2D eigenvalue weighted by molar-refractivity contribution is 0.292. The van der Waals surface area contributed by atoms with Gasteiger partial charge in [0.1, 0.15) is 0 Å². The van der Waals surface area contributed by atoms with Crippen molar-refractivity contribution in [2.45, 2.75) is 90.5 Å². The first-order valence-corrected chi connectivity index (χ1v) is 16.7. The van der Waals surface area contributed by atoms with E-state index < -0.39 is 0 Å². The Balaban J connectivity index is 1.21. The van der Waals surface area contributed by atoms with Crippen molar-refractivity contribution in [3.63, 3.8) is 0 Å². The summed E-state index contributed by atoms with van der Waals surface area (Å²) in [5.74, 6) is 1.80. The van der Waals surface area contributed by atoms with Gasteiger partial charge in [-0.2, -0.15) is 0 Å². The number of guanidine groups is 1. The van der Waals surface area contributed by atoms with Crippen LogP contribution >= 0.6 is 0 Å². The standard InChI is InChI=1S/C34H55N7/c1-5-17-40(18-6-2)26-30-15-21-39(4)34(37-30)36-29-13-11-27(12-14-29)23-28-24-31(41-19-9-7-8-10-20-41)25-32-33(28)38(3)22-16-35-32/h15-16,24-25,27,29H,5-14,17-23,26H2,1-4H3,(H,36,37)/t27-,29+. The number of nitrogens with zero attached hydrogens (tertiary/aromatic N) is 6. The quantitative estimate of drug-likeness (QED) is 0.368. The van der Waals surface area contributed by atoms with Gasteiger partial charge in [-0.3, -0.25) is 9.89 Å². The summed E-state index contributed by atoms with van der Waals surface area (Å²) in [7, 11) is 4.40. The summed E-state index contributed by atoms with van der Waals surface area (Å²) < 4.78 is 0. The zero-order valence-corrected chi connectivity index (χ0v) is 26.4. The van der Waals surface area contributed by atoms with Crippen molar-refractivity contribution in [2.24, 2.45) is 15.9 Å². The van der Waals surface area contributed by atoms with Crippen molar-refractivity contribution in [3.05, 3.63) is 29.5 Å². The number of aliphatic imine (C=N–C) groups is 2. The van der Waals surface area contributed by atoms with Crippen LogP contribution in [-0.2, 0) is 6.42 Å². The highest BCUT2D eigenvalue weighted by atomic mass is 15.3. The number of nitrogens with one attached hydrogen (secondary N) is 1. The molecular formula is C34H55N7. The van der Waals surface area contributed by atoms with Gasteiger partial charge in [0.15, 0.2) is 5.96 Å². The predicted octanol–water partition coefficient (Wildman–Crippen LogP) is 6.22. The molecule has 0 unspecified atom stereocenters. The summed E-state index contributed by atoms with van der Waals surface area (Å²) in [6, 6.07) is 5.38. The number of benzene rings is 1. The van der Waals surface area contributed by atoms with Crippen LogP contribution in [-0.4, -0.2) is 87.9 Å². The number of hydrogen-bond acceptors (Lipinski definition) is 7. The third-order valence-corrected chi connectivity index (χ3v) is 9.46. The molecule has 0 spiro atoms. The maximum Gasteiger partial charge on any atom is 0.199 e. The average Bonchev–Trinajstić information content (AvgIpc) is 3.26. The molecule has 0 atom stereocenters. The first-order chi connectivity index (χ1) is 20.0. The molecule has 0 radical (unpaired) electrons. The highest BCUT2D eigenvalue weighted by Gasteiger charge is 2.27. The van der Waals surface area contributed by atoms with Crippen LogP contribution in [0.3, 0.4) is 0 Å². The molecule has 1 N–H and O–H groups in total. The number of rotatable bonds is 10. The zero-order valence-electron chi connectivity index (χ0n) is 26.4. The lowest BCUT2D eigenvalue weighted by Crippen LogP contribution is -2.47. The van der Waals surface area contributed by atoms with E-state index in [-0.39, 0.29) is 0 Å². The molecule has 0 aromatic heterocycles. The molecule has 0 bridgehead atoms. The van der Waals surface area contributed by atoms with Gasteiger partial charge in [-0.25, -0.2) is 4.99 Å². The minimum absolute atomic E-state index is 0.513. The lowest BCUT2D eigenvalue weighted by atomic mass is 9.81. The highest BCUT2D eigenvalue weighted by molar-refractivity contribution is 5.86. The fourth-order valence-corrected chi connectivity index (χ4v) is 7.19. The van der Waals surface area contributed by atoms with Crippen molar-refractivity contribution in [3.8, 4) is 0 Å². The molecule has 3 aliphatic heterocycles. The Kier molecular flexibility index (Phi) is 10.6. The molecule has 0 amide bonds. The van der Waals surface area contributed by atoms with Crippen molar-refractivity contribution in [2.75, 3.05) is 69.7 Å². The van der Waals surface area contributed by atoms with E-state index in [1.807, 2.05) is 0 Å². The summed E-state index contributed by atoms with van der Waals surface area (Å²) in [4.78, 5) is 19.8. The van der Waals surface area contributed by atoms with Gasteiger partial charge in [0, 0.05) is 58.2 Å². The van der Waals surface area contributed by atoms with Crippen molar-refractivity contribution >= 4 is 29.2 Å². The molecule has 1 aromatic rings. The molecule has 3 heterocycles. The highest BCUT2D eigenvalue weighted by Crippen LogP contribution is 2.41. The van der Waals surface area contributed by atoms with Crippen LogP contribution in [0.25, 0.3) is 0 Å². The van der Waals surface area contributed by atoms with Crippen LogP contribution in [0.15, 0.2) is 33.9 Å². The van der Waals surface area contributed by atoms with E-state index in [9.17, 15) is 0 Å². The monoisotopic (exact) mass is 561 g/mol. The van der Waals surface area contributed by atoms with Gasteiger partial charge in [0.2, 0.25) is 0 Å². The largest absolute Gasteiger partial charge is 0.371 e. The normalized spacial score (nSPS) is 23.3. The zero-order chi connectivity index (χ0) is 28.6. The van der Waals surface area contributed by atoms with Gasteiger partial charge in [-0.05, 0) is 101 Å².